The van der Waals surface area contributed by atoms with Gasteiger partial charge in [-0.15, -0.1) is 0 Å². The number of hydrogen-bond donors (Lipinski definition) is 2. The normalized spacial score (nSPS) is 12.9. The van der Waals surface area contributed by atoms with Crippen molar-refractivity contribution >= 4 is 56.3 Å². The van der Waals surface area contributed by atoms with E-state index in [0.717, 1.165) is 56.0 Å². The summed E-state index contributed by atoms with van der Waals surface area (Å²) in [5.41, 5.74) is 10.9. The Morgan fingerprint density at radius 3 is 2.09 bits per heavy atom. The molecule has 5 rings (SSSR count). The summed E-state index contributed by atoms with van der Waals surface area (Å²) in [5, 5.41) is 0. The van der Waals surface area contributed by atoms with Crippen LogP contribution < -0.4 is 0 Å². The number of carbonyl (C=O) groups is 2. The van der Waals surface area contributed by atoms with Crippen molar-refractivity contribution in [2.24, 2.45) is 0 Å². The smallest absolute Gasteiger partial charge is 0.305 e. The third kappa shape index (κ3) is 6.10. The van der Waals surface area contributed by atoms with Crippen LogP contribution in [0.5, 0.6) is 0 Å². The van der Waals surface area contributed by atoms with E-state index in [1.807, 2.05) is 45.0 Å². The summed E-state index contributed by atoms with van der Waals surface area (Å²) in [6, 6.07) is 9.47. The Kier molecular flexibility index (Phi) is 8.62. The lowest BCUT2D eigenvalue weighted by molar-refractivity contribution is -0.141. The molecule has 44 heavy (non-hydrogen) atoms. The third-order valence-electron chi connectivity index (χ3n) is 8.22. The number of allylic oxidation sites excluding steroid dienone is 5. The number of fused-ring (bicyclic) bond motifs is 8. The minimum atomic E-state index is -1.82. The van der Waals surface area contributed by atoms with E-state index in [9.17, 15) is 18.4 Å². The first-order chi connectivity index (χ1) is 21.0. The van der Waals surface area contributed by atoms with E-state index in [0.29, 0.717) is 46.8 Å². The van der Waals surface area contributed by atoms with Crippen LogP contribution in [0.2, 0.25) is 0 Å². The Morgan fingerprint density at radius 2 is 1.41 bits per heavy atom. The van der Waals surface area contributed by atoms with Crippen LogP contribution in [0, 0.1) is 13.8 Å². The molecule has 0 amide bonds. The summed E-state index contributed by atoms with van der Waals surface area (Å²) < 4.78 is 37.0. The molecule has 2 aliphatic heterocycles. The van der Waals surface area contributed by atoms with Gasteiger partial charge in [0.25, 0.3) is 6.08 Å². The summed E-state index contributed by atoms with van der Waals surface area (Å²) in [5.74, 6) is -0.670. The van der Waals surface area contributed by atoms with Crippen molar-refractivity contribution in [3.05, 3.63) is 82.0 Å². The van der Waals surface area contributed by atoms with Crippen molar-refractivity contribution in [2.75, 3.05) is 14.2 Å². The summed E-state index contributed by atoms with van der Waals surface area (Å²) in [7, 11) is 2.71. The van der Waals surface area contributed by atoms with Crippen LogP contribution in [0.25, 0.3) is 44.4 Å². The fraction of sp³-hybridized carbons (Fsp3) is 0.294. The summed E-state index contributed by atoms with van der Waals surface area (Å²) >= 11 is 0. The molecule has 3 aromatic rings. The quantitative estimate of drug-likeness (QED) is 0.270. The Bertz CT molecular complexity index is 1940. The summed E-state index contributed by atoms with van der Waals surface area (Å²) in [6.45, 7) is 7.66. The average molecular weight is 601 g/mol. The molecule has 0 radical (unpaired) electrons. The minimum Gasteiger partial charge on any atom is -0.469 e. The molecule has 228 valence electrons. The van der Waals surface area contributed by atoms with Gasteiger partial charge in [0, 0.05) is 46.6 Å². The molecule has 2 aliphatic rings. The number of aromatic nitrogens is 4. The topological polar surface area (TPSA) is 110 Å². The van der Waals surface area contributed by atoms with Crippen LogP contribution in [0.3, 0.4) is 0 Å². The molecule has 0 saturated heterocycles. The number of nitrogens with zero attached hydrogens (tertiary/aromatic N) is 2. The van der Waals surface area contributed by atoms with Gasteiger partial charge in [0.2, 0.25) is 0 Å². The second-order valence-corrected chi connectivity index (χ2v) is 10.9. The number of carbonyl (C=O) groups excluding carboxylic acids is 2. The lowest BCUT2D eigenvalue weighted by Gasteiger charge is -2.04. The van der Waals surface area contributed by atoms with E-state index in [4.69, 9.17) is 19.4 Å². The van der Waals surface area contributed by atoms with E-state index in [1.54, 1.807) is 13.0 Å². The molecule has 5 heterocycles. The molecule has 2 N–H and O–H groups in total. The number of aromatic amines is 2. The van der Waals surface area contributed by atoms with Crippen molar-refractivity contribution in [3.63, 3.8) is 0 Å². The first kappa shape index (κ1) is 30.6. The van der Waals surface area contributed by atoms with Crippen molar-refractivity contribution in [1.82, 2.24) is 19.9 Å². The standard InChI is InChI=1S/C34H34F2N4O4/c1-17-11-21-12-26-20(4)24(13-32(35)36)31(38-26)15-28-19(3)23(8-10-34(42)44-6)30(40-28)16-29-22(7-9-33(41)43-5)18(2)27(39-29)14-25(17)37-21/h11-16,37,39H,7-10H2,1-6H3. The average Bonchev–Trinajstić information content (AvgIpc) is 3.66. The van der Waals surface area contributed by atoms with E-state index in [-0.39, 0.29) is 24.8 Å². The largest absolute Gasteiger partial charge is 0.469 e. The highest BCUT2D eigenvalue weighted by molar-refractivity contribution is 5.98. The zero-order chi connectivity index (χ0) is 31.7. The van der Waals surface area contributed by atoms with Gasteiger partial charge in [-0.05, 0) is 104 Å². The van der Waals surface area contributed by atoms with Crippen LogP contribution in [0.15, 0.2) is 42.5 Å². The highest BCUT2D eigenvalue weighted by Crippen LogP contribution is 2.37. The lowest BCUT2D eigenvalue weighted by atomic mass is 10.00. The Hall–Kier alpha value is -4.86. The van der Waals surface area contributed by atoms with Crippen molar-refractivity contribution < 1.29 is 27.8 Å². The van der Waals surface area contributed by atoms with Crippen LogP contribution in [0.4, 0.5) is 8.78 Å². The zero-order valence-corrected chi connectivity index (χ0v) is 25.6. The number of rotatable bonds is 7. The van der Waals surface area contributed by atoms with E-state index < -0.39 is 6.08 Å². The molecule has 8 nitrogen and oxygen atoms in total. The second-order valence-electron chi connectivity index (χ2n) is 10.9. The van der Waals surface area contributed by atoms with Crippen LogP contribution in [-0.2, 0) is 25.5 Å². The zero-order valence-electron chi connectivity index (χ0n) is 25.6. The van der Waals surface area contributed by atoms with Gasteiger partial charge in [-0.25, -0.2) is 9.97 Å². The van der Waals surface area contributed by atoms with Gasteiger partial charge in [-0.2, -0.15) is 8.78 Å². The molecular formula is C34H34F2N4O4. The molecular weight excluding hydrogens is 566 g/mol. The van der Waals surface area contributed by atoms with Gasteiger partial charge in [0.15, 0.2) is 0 Å². The van der Waals surface area contributed by atoms with Gasteiger partial charge in [-0.3, -0.25) is 9.59 Å². The summed E-state index contributed by atoms with van der Waals surface area (Å²) in [6.07, 6.45) is 0.157. The monoisotopic (exact) mass is 600 g/mol. The number of hydrogen-bond acceptors (Lipinski definition) is 6. The number of halogens is 2. The van der Waals surface area contributed by atoms with Crippen molar-refractivity contribution in [3.8, 4) is 0 Å². The van der Waals surface area contributed by atoms with Crippen molar-refractivity contribution in [2.45, 2.75) is 53.4 Å². The number of ether oxygens (including phenoxy) is 2. The Morgan fingerprint density at radius 1 is 0.750 bits per heavy atom. The molecule has 0 aromatic carbocycles. The molecule has 0 aliphatic carbocycles. The lowest BCUT2D eigenvalue weighted by Crippen LogP contribution is -2.02. The maximum atomic E-state index is 13.6. The minimum absolute atomic E-state index is 0.142. The first-order valence-electron chi connectivity index (χ1n) is 14.3. The first-order valence-corrected chi connectivity index (χ1v) is 14.3. The maximum Gasteiger partial charge on any atom is 0.305 e. The molecule has 0 fully saturated rings. The van der Waals surface area contributed by atoms with Crippen LogP contribution in [0.1, 0.15) is 72.6 Å². The summed E-state index contributed by atoms with van der Waals surface area (Å²) in [4.78, 5) is 40.8. The van der Waals surface area contributed by atoms with Gasteiger partial charge in [-0.1, -0.05) is 0 Å². The molecule has 10 heteroatoms. The molecule has 0 unspecified atom stereocenters. The fourth-order valence-electron chi connectivity index (χ4n) is 5.66. The van der Waals surface area contributed by atoms with Crippen LogP contribution in [-0.4, -0.2) is 46.1 Å². The highest BCUT2D eigenvalue weighted by Gasteiger charge is 2.22. The maximum absolute atomic E-state index is 13.6. The number of methoxy groups -OCH3 is 2. The van der Waals surface area contributed by atoms with Gasteiger partial charge in [0.05, 0.1) is 37.0 Å². The number of nitrogens with one attached hydrogen (secondary N) is 2. The Balaban J connectivity index is 1.87. The highest BCUT2D eigenvalue weighted by atomic mass is 19.3. The van der Waals surface area contributed by atoms with E-state index >= 15 is 0 Å². The second kappa shape index (κ2) is 12.4. The number of esters is 2. The predicted octanol–water partition coefficient (Wildman–Crippen LogP) is 7.63. The van der Waals surface area contributed by atoms with Crippen molar-refractivity contribution in [1.29, 1.82) is 0 Å². The SMILES string of the molecule is COC(=O)CCC1=C(C)c2cc3nc(cc4cc(C)c(cc5[nH]c(cc1n2)c(CCC(=O)OC)c5C)[nH]4)C(C)=C3C=C(F)F. The van der Waals surface area contributed by atoms with E-state index in [2.05, 4.69) is 9.97 Å². The predicted molar refractivity (Wildman–Crippen MR) is 167 cm³/mol. The molecule has 0 atom stereocenters. The molecule has 0 spiro atoms. The fourth-order valence-corrected chi connectivity index (χ4v) is 5.66. The molecule has 3 aromatic heterocycles. The number of H-pyrrole nitrogens is 2. The molecule has 0 saturated carbocycles. The Labute approximate surface area is 253 Å². The number of aryl methyl sites for hydroxylation is 3. The van der Waals surface area contributed by atoms with Crippen LogP contribution >= 0.6 is 0 Å². The third-order valence-corrected chi connectivity index (χ3v) is 8.22. The van der Waals surface area contributed by atoms with Gasteiger partial charge < -0.3 is 19.4 Å². The van der Waals surface area contributed by atoms with Gasteiger partial charge in [0.1, 0.15) is 0 Å². The van der Waals surface area contributed by atoms with Gasteiger partial charge >= 0.3 is 11.9 Å². The van der Waals surface area contributed by atoms with E-state index in [1.165, 1.54) is 14.2 Å². The molecule has 8 bridgehead atoms.